The van der Waals surface area contributed by atoms with Gasteiger partial charge in [-0.05, 0) is 37.8 Å². The van der Waals surface area contributed by atoms with Gasteiger partial charge in [0.1, 0.15) is 4.21 Å². The molecule has 130 valence electrons. The number of carbonyl (C=O) groups is 1. The second kappa shape index (κ2) is 6.66. The van der Waals surface area contributed by atoms with Crippen molar-refractivity contribution in [2.24, 2.45) is 0 Å². The second-order valence-corrected chi connectivity index (χ2v) is 8.85. The summed E-state index contributed by atoms with van der Waals surface area (Å²) in [7, 11) is -3.61. The number of rotatable bonds is 5. The Morgan fingerprint density at radius 2 is 2.25 bits per heavy atom. The van der Waals surface area contributed by atoms with E-state index in [4.69, 9.17) is 0 Å². The minimum Gasteiger partial charge on any atom is -0.339 e. The van der Waals surface area contributed by atoms with Gasteiger partial charge in [-0.15, -0.1) is 11.3 Å². The van der Waals surface area contributed by atoms with Crippen molar-refractivity contribution >= 4 is 27.3 Å². The highest BCUT2D eigenvalue weighted by Gasteiger charge is 2.29. The second-order valence-electron chi connectivity index (χ2n) is 5.91. The number of nitrogens with zero attached hydrogens (tertiary/aromatic N) is 3. The summed E-state index contributed by atoms with van der Waals surface area (Å²) in [6.45, 7) is 4.90. The number of aromatic nitrogens is 2. The van der Waals surface area contributed by atoms with Gasteiger partial charge in [0.15, 0.2) is 0 Å². The number of carbonyl (C=O) groups excluding carboxylic acids is 1. The van der Waals surface area contributed by atoms with E-state index in [0.29, 0.717) is 13.1 Å². The number of nitrogens with one attached hydrogen (secondary N) is 1. The van der Waals surface area contributed by atoms with Gasteiger partial charge in [-0.1, -0.05) is 6.07 Å². The molecule has 3 rings (SSSR count). The molecule has 1 aliphatic heterocycles. The van der Waals surface area contributed by atoms with Gasteiger partial charge in [0.25, 0.3) is 10.0 Å². The van der Waals surface area contributed by atoms with Gasteiger partial charge < -0.3 is 4.90 Å². The summed E-state index contributed by atoms with van der Waals surface area (Å²) in [6, 6.07) is 5.35. The third-order valence-electron chi connectivity index (χ3n) is 4.08. The van der Waals surface area contributed by atoms with E-state index < -0.39 is 10.0 Å². The van der Waals surface area contributed by atoms with E-state index in [1.807, 2.05) is 24.6 Å². The smallest absolute Gasteiger partial charge is 0.250 e. The first-order chi connectivity index (χ1) is 11.4. The van der Waals surface area contributed by atoms with Crippen LogP contribution in [-0.4, -0.2) is 48.6 Å². The van der Waals surface area contributed by atoms with E-state index in [2.05, 4.69) is 9.82 Å². The largest absolute Gasteiger partial charge is 0.339 e. The fourth-order valence-electron chi connectivity index (χ4n) is 2.94. The molecule has 1 aliphatic rings. The molecule has 0 spiro atoms. The van der Waals surface area contributed by atoms with Gasteiger partial charge in [-0.25, -0.2) is 13.1 Å². The van der Waals surface area contributed by atoms with Crippen molar-refractivity contribution in [3.05, 3.63) is 35.0 Å². The summed E-state index contributed by atoms with van der Waals surface area (Å²) in [5.74, 6) is -0.209. The number of hydrogen-bond donors (Lipinski definition) is 1. The maximum atomic E-state index is 12.3. The number of sulfonamides is 1. The molecule has 3 heterocycles. The van der Waals surface area contributed by atoms with Crippen LogP contribution in [-0.2, 0) is 14.8 Å². The van der Waals surface area contributed by atoms with E-state index >= 15 is 0 Å². The van der Waals surface area contributed by atoms with E-state index in [-0.39, 0.29) is 22.7 Å². The monoisotopic (exact) mass is 368 g/mol. The van der Waals surface area contributed by atoms with Gasteiger partial charge in [0.2, 0.25) is 5.91 Å². The quantitative estimate of drug-likeness (QED) is 0.862. The SMILES string of the molecule is Cc1cc(C)n([C@H]2CCN(C(=O)CNS(=O)(=O)c3cccs3)C2)n1. The fraction of sp³-hybridized carbons (Fsp3) is 0.467. The highest BCUT2D eigenvalue weighted by atomic mass is 32.2. The van der Waals surface area contributed by atoms with Crippen LogP contribution in [0.1, 0.15) is 23.9 Å². The molecular weight excluding hydrogens is 348 g/mol. The summed E-state index contributed by atoms with van der Waals surface area (Å²) >= 11 is 1.13. The van der Waals surface area contributed by atoms with Crippen LogP contribution in [0.15, 0.2) is 27.8 Å². The van der Waals surface area contributed by atoms with E-state index in [0.717, 1.165) is 29.1 Å². The maximum absolute atomic E-state index is 12.3. The molecule has 0 unspecified atom stereocenters. The molecule has 24 heavy (non-hydrogen) atoms. The Hall–Kier alpha value is -1.71. The summed E-state index contributed by atoms with van der Waals surface area (Å²) in [5.41, 5.74) is 2.03. The van der Waals surface area contributed by atoms with E-state index in [1.165, 1.54) is 6.07 Å². The minimum atomic E-state index is -3.61. The van der Waals surface area contributed by atoms with Crippen molar-refractivity contribution < 1.29 is 13.2 Å². The Kier molecular flexibility index (Phi) is 4.75. The van der Waals surface area contributed by atoms with Crippen molar-refractivity contribution in [3.8, 4) is 0 Å². The third-order valence-corrected chi connectivity index (χ3v) is 6.88. The molecule has 1 amide bonds. The first kappa shape index (κ1) is 17.1. The van der Waals surface area contributed by atoms with Crippen LogP contribution in [0.4, 0.5) is 0 Å². The molecule has 1 N–H and O–H groups in total. The van der Waals surface area contributed by atoms with Crippen LogP contribution in [0, 0.1) is 13.8 Å². The number of aryl methyl sites for hydroxylation is 2. The Balaban J connectivity index is 1.58. The Morgan fingerprint density at radius 3 is 2.88 bits per heavy atom. The van der Waals surface area contributed by atoms with Gasteiger partial charge in [-0.3, -0.25) is 9.48 Å². The molecule has 0 aliphatic carbocycles. The van der Waals surface area contributed by atoms with Crippen LogP contribution in [0.3, 0.4) is 0 Å². The molecule has 2 aromatic heterocycles. The van der Waals surface area contributed by atoms with Gasteiger partial charge in [0.05, 0.1) is 18.3 Å². The lowest BCUT2D eigenvalue weighted by molar-refractivity contribution is -0.129. The lowest BCUT2D eigenvalue weighted by Gasteiger charge is -2.17. The molecule has 0 saturated carbocycles. The Morgan fingerprint density at radius 1 is 1.46 bits per heavy atom. The first-order valence-corrected chi connectivity index (χ1v) is 10.1. The van der Waals surface area contributed by atoms with Crippen molar-refractivity contribution in [3.63, 3.8) is 0 Å². The molecule has 0 aromatic carbocycles. The van der Waals surface area contributed by atoms with Crippen LogP contribution in [0.2, 0.25) is 0 Å². The molecule has 2 aromatic rings. The van der Waals surface area contributed by atoms with E-state index in [9.17, 15) is 13.2 Å². The topological polar surface area (TPSA) is 84.3 Å². The number of likely N-dealkylation sites (tertiary alicyclic amines) is 1. The molecule has 1 atom stereocenters. The number of amides is 1. The van der Waals surface area contributed by atoms with Crippen LogP contribution < -0.4 is 4.72 Å². The lowest BCUT2D eigenvalue weighted by Crippen LogP contribution is -2.39. The normalized spacial score (nSPS) is 18.2. The van der Waals surface area contributed by atoms with Gasteiger partial charge in [-0.2, -0.15) is 5.10 Å². The minimum absolute atomic E-state index is 0.150. The average Bonchev–Trinajstić information content (AvgIpc) is 3.25. The van der Waals surface area contributed by atoms with Crippen LogP contribution >= 0.6 is 11.3 Å². The zero-order chi connectivity index (χ0) is 17.3. The number of thiophene rings is 1. The van der Waals surface area contributed by atoms with E-state index in [1.54, 1.807) is 16.3 Å². The maximum Gasteiger partial charge on any atom is 0.250 e. The average molecular weight is 368 g/mol. The Bertz CT molecular complexity index is 827. The molecule has 1 fully saturated rings. The Labute approximate surface area is 145 Å². The summed E-state index contributed by atoms with van der Waals surface area (Å²) in [6.07, 6.45) is 0.825. The van der Waals surface area contributed by atoms with Crippen LogP contribution in [0.25, 0.3) is 0 Å². The molecule has 9 heteroatoms. The predicted octanol–water partition coefficient (Wildman–Crippen LogP) is 1.31. The summed E-state index contributed by atoms with van der Waals surface area (Å²) in [5, 5.41) is 6.16. The van der Waals surface area contributed by atoms with Crippen molar-refractivity contribution in [1.82, 2.24) is 19.4 Å². The molecule has 1 saturated heterocycles. The first-order valence-electron chi connectivity index (χ1n) is 7.70. The number of hydrogen-bond acceptors (Lipinski definition) is 5. The van der Waals surface area contributed by atoms with Crippen molar-refractivity contribution in [2.45, 2.75) is 30.5 Å². The zero-order valence-corrected chi connectivity index (χ0v) is 15.2. The fourth-order valence-corrected chi connectivity index (χ4v) is 4.95. The molecule has 0 bridgehead atoms. The highest BCUT2D eigenvalue weighted by molar-refractivity contribution is 7.91. The lowest BCUT2D eigenvalue weighted by atomic mass is 10.2. The standard InChI is InChI=1S/C15H20N4O3S2/c1-11-8-12(2)19(17-11)13-5-6-18(10-13)14(20)9-16-24(21,22)15-4-3-7-23-15/h3-4,7-8,13,16H,5-6,9-10H2,1-2H3/t13-/m0/s1. The van der Waals surface area contributed by atoms with Crippen molar-refractivity contribution in [2.75, 3.05) is 19.6 Å². The molecule has 0 radical (unpaired) electrons. The van der Waals surface area contributed by atoms with Crippen molar-refractivity contribution in [1.29, 1.82) is 0 Å². The molecular formula is C15H20N4O3S2. The van der Waals surface area contributed by atoms with Crippen LogP contribution in [0.5, 0.6) is 0 Å². The molecule has 7 nitrogen and oxygen atoms in total. The summed E-state index contributed by atoms with van der Waals surface area (Å²) in [4.78, 5) is 14.0. The van der Waals surface area contributed by atoms with Gasteiger partial charge >= 0.3 is 0 Å². The summed E-state index contributed by atoms with van der Waals surface area (Å²) < 4.78 is 28.7. The zero-order valence-electron chi connectivity index (χ0n) is 13.6. The van der Waals surface area contributed by atoms with Gasteiger partial charge in [0, 0.05) is 18.8 Å². The predicted molar refractivity (Wildman–Crippen MR) is 91.4 cm³/mol. The third kappa shape index (κ3) is 3.52. The highest BCUT2D eigenvalue weighted by Crippen LogP contribution is 2.23.